The van der Waals surface area contributed by atoms with Crippen LogP contribution in [0.1, 0.15) is 5.69 Å². The van der Waals surface area contributed by atoms with Gasteiger partial charge in [-0.1, -0.05) is 0 Å². The number of sulfonamides is 1. The van der Waals surface area contributed by atoms with E-state index in [1.165, 1.54) is 6.92 Å². The Bertz CT molecular complexity index is 541. The second-order valence-corrected chi connectivity index (χ2v) is 4.54. The van der Waals surface area contributed by atoms with Crippen LogP contribution in [-0.4, -0.2) is 24.9 Å². The third-order valence-electron chi connectivity index (χ3n) is 1.57. The molecule has 0 fully saturated rings. The van der Waals surface area contributed by atoms with E-state index in [2.05, 4.69) is 9.72 Å². The number of hydrogen-bond donors (Lipinski definition) is 2. The third kappa shape index (κ3) is 3.46. The Morgan fingerprint density at radius 2 is 2.00 bits per heavy atom. The summed E-state index contributed by atoms with van der Waals surface area (Å²) in [6, 6.07) is 0.827. The van der Waals surface area contributed by atoms with Gasteiger partial charge in [0.15, 0.2) is 5.75 Å². The first-order valence-electron chi connectivity index (χ1n) is 4.00. The zero-order valence-electron chi connectivity index (χ0n) is 8.32. The van der Waals surface area contributed by atoms with Crippen molar-refractivity contribution in [1.82, 2.24) is 4.98 Å². The number of ether oxygens (including phenoxy) is 1. The van der Waals surface area contributed by atoms with Gasteiger partial charge < -0.3 is 9.84 Å². The molecule has 17 heavy (non-hydrogen) atoms. The molecule has 0 spiro atoms. The van der Waals surface area contributed by atoms with Crippen molar-refractivity contribution in [2.24, 2.45) is 5.14 Å². The summed E-state index contributed by atoms with van der Waals surface area (Å²) in [5.74, 6) is -2.54. The van der Waals surface area contributed by atoms with Crippen molar-refractivity contribution in [3.63, 3.8) is 0 Å². The lowest BCUT2D eigenvalue weighted by Crippen LogP contribution is -2.19. The van der Waals surface area contributed by atoms with Crippen LogP contribution in [0, 0.1) is 6.92 Å². The van der Waals surface area contributed by atoms with E-state index in [9.17, 15) is 26.7 Å². The minimum absolute atomic E-state index is 0.105. The number of nitrogens with zero attached hydrogens (tertiary/aromatic N) is 1. The van der Waals surface area contributed by atoms with Crippen molar-refractivity contribution in [3.05, 3.63) is 11.8 Å². The maximum absolute atomic E-state index is 11.9. The Morgan fingerprint density at radius 3 is 2.41 bits per heavy atom. The highest BCUT2D eigenvalue weighted by atomic mass is 32.2. The van der Waals surface area contributed by atoms with Gasteiger partial charge in [0, 0.05) is 5.69 Å². The largest absolute Gasteiger partial charge is 0.574 e. The highest BCUT2D eigenvalue weighted by molar-refractivity contribution is 7.89. The Hall–Kier alpha value is -1.55. The highest BCUT2D eigenvalue weighted by Crippen LogP contribution is 2.34. The summed E-state index contributed by atoms with van der Waals surface area (Å²) in [4.78, 5) is 2.34. The van der Waals surface area contributed by atoms with Crippen LogP contribution in [0.4, 0.5) is 13.2 Å². The second-order valence-electron chi connectivity index (χ2n) is 3.01. The molecule has 0 amide bonds. The summed E-state index contributed by atoms with van der Waals surface area (Å²) in [7, 11) is -4.37. The molecule has 0 aliphatic heterocycles. The highest BCUT2D eigenvalue weighted by Gasteiger charge is 2.34. The molecule has 0 saturated carbocycles. The van der Waals surface area contributed by atoms with E-state index in [-0.39, 0.29) is 5.69 Å². The van der Waals surface area contributed by atoms with Crippen LogP contribution in [0.15, 0.2) is 11.0 Å². The average molecular weight is 272 g/mol. The van der Waals surface area contributed by atoms with Gasteiger partial charge in [0.25, 0.3) is 5.88 Å². The summed E-state index contributed by atoms with van der Waals surface area (Å²) in [6.07, 6.45) is -5.10. The molecule has 0 radical (unpaired) electrons. The molecule has 0 bridgehead atoms. The SMILES string of the molecule is Cc1cc(S(N)(=O)=O)c(O)c(OC(F)(F)F)n1. The minimum atomic E-state index is -5.10. The number of halogens is 3. The van der Waals surface area contributed by atoms with Crippen LogP contribution >= 0.6 is 0 Å². The van der Waals surface area contributed by atoms with Gasteiger partial charge in [0.1, 0.15) is 4.90 Å². The van der Waals surface area contributed by atoms with Crippen molar-refractivity contribution in [3.8, 4) is 11.6 Å². The molecule has 1 rings (SSSR count). The Labute approximate surface area is 93.9 Å². The molecule has 3 N–H and O–H groups in total. The standard InChI is InChI=1S/C7H7F3N2O4S/c1-3-2-4(17(11,14)15)5(13)6(12-3)16-7(8,9)10/h2,13H,1H3,(H2,11,14,15). The number of hydrogen-bond acceptors (Lipinski definition) is 5. The molecule has 0 aliphatic carbocycles. The third-order valence-corrected chi connectivity index (χ3v) is 2.50. The summed E-state index contributed by atoms with van der Waals surface area (Å²) < 4.78 is 61.1. The maximum Gasteiger partial charge on any atom is 0.574 e. The molecule has 10 heteroatoms. The van der Waals surface area contributed by atoms with Crippen molar-refractivity contribution in [1.29, 1.82) is 0 Å². The zero-order chi connectivity index (χ0) is 13.4. The molecular formula is C7H7F3N2O4S. The van der Waals surface area contributed by atoms with Crippen molar-refractivity contribution < 1.29 is 31.4 Å². The number of aromatic nitrogens is 1. The molecule has 1 heterocycles. The van der Waals surface area contributed by atoms with Gasteiger partial charge in [-0.05, 0) is 13.0 Å². The number of alkyl halides is 3. The van der Waals surface area contributed by atoms with Crippen molar-refractivity contribution in [2.45, 2.75) is 18.2 Å². The molecule has 0 aromatic carbocycles. The van der Waals surface area contributed by atoms with Gasteiger partial charge in [-0.25, -0.2) is 18.5 Å². The zero-order valence-corrected chi connectivity index (χ0v) is 9.13. The van der Waals surface area contributed by atoms with E-state index < -0.39 is 32.9 Å². The lowest BCUT2D eigenvalue weighted by molar-refractivity contribution is -0.276. The number of rotatable bonds is 2. The fourth-order valence-corrected chi connectivity index (χ4v) is 1.70. The predicted molar refractivity (Wildman–Crippen MR) is 48.7 cm³/mol. The van der Waals surface area contributed by atoms with Gasteiger partial charge in [0.2, 0.25) is 10.0 Å². The fraction of sp³-hybridized carbons (Fsp3) is 0.286. The van der Waals surface area contributed by atoms with Crippen molar-refractivity contribution in [2.75, 3.05) is 0 Å². The quantitative estimate of drug-likeness (QED) is 0.822. The fourth-order valence-electron chi connectivity index (χ4n) is 1.01. The molecule has 96 valence electrons. The summed E-state index contributed by atoms with van der Waals surface area (Å²) in [5, 5.41) is 14.0. The monoisotopic (exact) mass is 272 g/mol. The normalized spacial score (nSPS) is 12.5. The van der Waals surface area contributed by atoms with Crippen LogP contribution in [0.5, 0.6) is 11.6 Å². The Balaban J connectivity index is 3.40. The van der Waals surface area contributed by atoms with E-state index >= 15 is 0 Å². The Kier molecular flexibility index (Phi) is 3.21. The van der Waals surface area contributed by atoms with E-state index in [1.54, 1.807) is 0 Å². The summed E-state index contributed by atoms with van der Waals surface area (Å²) >= 11 is 0. The molecule has 6 nitrogen and oxygen atoms in total. The predicted octanol–water partition coefficient (Wildman–Crippen LogP) is 0.642. The number of primary sulfonamides is 1. The first-order chi connectivity index (χ1) is 7.50. The topological polar surface area (TPSA) is 103 Å². The van der Waals surface area contributed by atoms with Gasteiger partial charge in [-0.15, -0.1) is 13.2 Å². The van der Waals surface area contributed by atoms with Crippen LogP contribution in [0.2, 0.25) is 0 Å². The van der Waals surface area contributed by atoms with Gasteiger partial charge in [-0.2, -0.15) is 0 Å². The Morgan fingerprint density at radius 1 is 1.47 bits per heavy atom. The smallest absolute Gasteiger partial charge is 0.502 e. The second kappa shape index (κ2) is 4.04. The maximum atomic E-state index is 11.9. The lowest BCUT2D eigenvalue weighted by atomic mass is 10.3. The van der Waals surface area contributed by atoms with E-state index in [0.29, 0.717) is 0 Å². The minimum Gasteiger partial charge on any atom is -0.502 e. The van der Waals surface area contributed by atoms with E-state index in [4.69, 9.17) is 5.14 Å². The number of aryl methyl sites for hydroxylation is 1. The number of aromatic hydroxyl groups is 1. The van der Waals surface area contributed by atoms with Crippen LogP contribution < -0.4 is 9.88 Å². The molecule has 1 aromatic rings. The van der Waals surface area contributed by atoms with Crippen LogP contribution in [0.25, 0.3) is 0 Å². The lowest BCUT2D eigenvalue weighted by Gasteiger charge is -2.11. The number of pyridine rings is 1. The molecular weight excluding hydrogens is 265 g/mol. The van der Waals surface area contributed by atoms with E-state index in [0.717, 1.165) is 6.07 Å². The average Bonchev–Trinajstić information content (AvgIpc) is 2.06. The molecule has 1 aromatic heterocycles. The van der Waals surface area contributed by atoms with Crippen LogP contribution in [0.3, 0.4) is 0 Å². The number of nitrogens with two attached hydrogens (primary N) is 1. The summed E-state index contributed by atoms with van der Waals surface area (Å²) in [5.41, 5.74) is -0.105. The van der Waals surface area contributed by atoms with Crippen molar-refractivity contribution >= 4 is 10.0 Å². The van der Waals surface area contributed by atoms with Gasteiger partial charge in [0.05, 0.1) is 0 Å². The molecule has 0 atom stereocenters. The summed E-state index contributed by atoms with van der Waals surface area (Å²) in [6.45, 7) is 1.22. The molecule has 0 aliphatic rings. The van der Waals surface area contributed by atoms with Crippen LogP contribution in [-0.2, 0) is 10.0 Å². The first kappa shape index (κ1) is 13.5. The van der Waals surface area contributed by atoms with Gasteiger partial charge in [-0.3, -0.25) is 0 Å². The molecule has 0 unspecified atom stereocenters. The first-order valence-corrected chi connectivity index (χ1v) is 5.54. The van der Waals surface area contributed by atoms with E-state index in [1.807, 2.05) is 0 Å². The van der Waals surface area contributed by atoms with Gasteiger partial charge >= 0.3 is 6.36 Å². The molecule has 0 saturated heterocycles.